The van der Waals surface area contributed by atoms with Gasteiger partial charge in [0.25, 0.3) is 5.91 Å². The van der Waals surface area contributed by atoms with E-state index < -0.39 is 5.91 Å². The molecule has 3 aromatic rings. The second-order valence-corrected chi connectivity index (χ2v) is 6.37. The fourth-order valence-electron chi connectivity index (χ4n) is 2.76. The van der Waals surface area contributed by atoms with Crippen LogP contribution < -0.4 is 10.6 Å². The van der Waals surface area contributed by atoms with Crippen LogP contribution in [0.2, 0.25) is 0 Å². The van der Waals surface area contributed by atoms with Gasteiger partial charge in [0.15, 0.2) is 0 Å². The zero-order valence-electron chi connectivity index (χ0n) is 12.8. The third-order valence-electron chi connectivity index (χ3n) is 3.91. The van der Waals surface area contributed by atoms with Crippen molar-refractivity contribution in [2.45, 2.75) is 13.8 Å². The van der Waals surface area contributed by atoms with E-state index in [0.29, 0.717) is 11.4 Å². The number of aromatic nitrogens is 3. The van der Waals surface area contributed by atoms with Crippen molar-refractivity contribution in [2.24, 2.45) is 19.8 Å². The van der Waals surface area contributed by atoms with E-state index in [1.54, 1.807) is 18.7 Å². The lowest BCUT2D eigenvalue weighted by Gasteiger charge is -2.05. The molecule has 2 heterocycles. The van der Waals surface area contributed by atoms with Crippen molar-refractivity contribution in [1.29, 1.82) is 0 Å². The largest absolute Gasteiger partial charge is 0.364 e. The molecule has 22 heavy (non-hydrogen) atoms. The third kappa shape index (κ3) is 1.97. The molecule has 0 fully saturated rings. The summed E-state index contributed by atoms with van der Waals surface area (Å²) >= 11 is 1.22. The van der Waals surface area contributed by atoms with Gasteiger partial charge in [-0.2, -0.15) is 5.10 Å². The molecular weight excluding hydrogens is 300 g/mol. The molecule has 6 nitrogen and oxygen atoms in total. The first-order valence-corrected chi connectivity index (χ1v) is 7.57. The Morgan fingerprint density at radius 3 is 2.55 bits per heavy atom. The van der Waals surface area contributed by atoms with E-state index in [9.17, 15) is 9.59 Å². The molecule has 0 spiro atoms. The van der Waals surface area contributed by atoms with Crippen LogP contribution in [-0.4, -0.2) is 20.3 Å². The number of aryl methyl sites for hydroxylation is 3. The minimum absolute atomic E-state index is 0.00196. The fourth-order valence-corrected chi connectivity index (χ4v) is 3.72. The van der Waals surface area contributed by atoms with Crippen LogP contribution in [0, 0.1) is 13.8 Å². The summed E-state index contributed by atoms with van der Waals surface area (Å²) in [5.74, 6) is -0.500. The van der Waals surface area contributed by atoms with Crippen molar-refractivity contribution in [3.63, 3.8) is 0 Å². The summed E-state index contributed by atoms with van der Waals surface area (Å²) in [6, 6.07) is 3.93. The van der Waals surface area contributed by atoms with Crippen molar-refractivity contribution >= 4 is 27.5 Å². The van der Waals surface area contributed by atoms with Crippen LogP contribution in [-0.2, 0) is 14.1 Å². The first-order valence-electron chi connectivity index (χ1n) is 6.75. The minimum Gasteiger partial charge on any atom is -0.364 e. The van der Waals surface area contributed by atoms with Crippen molar-refractivity contribution < 1.29 is 4.79 Å². The van der Waals surface area contributed by atoms with E-state index in [4.69, 9.17) is 5.73 Å². The predicted octanol–water partition coefficient (Wildman–Crippen LogP) is 1.72. The van der Waals surface area contributed by atoms with Gasteiger partial charge in [0.2, 0.25) is 0 Å². The number of rotatable bonds is 2. The number of carbonyl (C=O) groups is 1. The van der Waals surface area contributed by atoms with Crippen LogP contribution >= 0.6 is 11.3 Å². The van der Waals surface area contributed by atoms with Gasteiger partial charge in [-0.25, -0.2) is 0 Å². The van der Waals surface area contributed by atoms with Crippen molar-refractivity contribution in [3.05, 3.63) is 38.6 Å². The van der Waals surface area contributed by atoms with Gasteiger partial charge in [-0.15, -0.1) is 0 Å². The molecule has 7 heteroatoms. The Hall–Kier alpha value is -2.41. The molecule has 0 unspecified atom stereocenters. The van der Waals surface area contributed by atoms with Gasteiger partial charge in [0.1, 0.15) is 5.69 Å². The fraction of sp³-hybridized carbons (Fsp3) is 0.267. The van der Waals surface area contributed by atoms with E-state index in [1.807, 2.05) is 26.0 Å². The molecule has 0 aliphatic carbocycles. The van der Waals surface area contributed by atoms with E-state index in [0.717, 1.165) is 26.9 Å². The van der Waals surface area contributed by atoms with Crippen molar-refractivity contribution in [3.8, 4) is 11.3 Å². The maximum atomic E-state index is 11.8. The van der Waals surface area contributed by atoms with Gasteiger partial charge in [-0.05, 0) is 31.5 Å². The smallest absolute Gasteiger partial charge is 0.307 e. The number of primary amides is 1. The van der Waals surface area contributed by atoms with Crippen LogP contribution in [0.1, 0.15) is 21.6 Å². The molecule has 1 amide bonds. The zero-order valence-corrected chi connectivity index (χ0v) is 13.6. The Balaban J connectivity index is 2.33. The number of amides is 1. The molecule has 3 rings (SSSR count). The average molecular weight is 316 g/mol. The number of thiazole rings is 1. The van der Waals surface area contributed by atoms with Crippen LogP contribution in [0.15, 0.2) is 16.9 Å². The highest BCUT2D eigenvalue weighted by atomic mass is 32.1. The molecule has 0 saturated heterocycles. The lowest BCUT2D eigenvalue weighted by molar-refractivity contribution is 0.0991. The summed E-state index contributed by atoms with van der Waals surface area (Å²) < 4.78 is 4.07. The second kappa shape index (κ2) is 4.81. The minimum atomic E-state index is -0.500. The van der Waals surface area contributed by atoms with E-state index >= 15 is 0 Å². The summed E-state index contributed by atoms with van der Waals surface area (Å²) in [6.45, 7) is 3.80. The van der Waals surface area contributed by atoms with E-state index in [2.05, 4.69) is 5.10 Å². The molecule has 2 aromatic heterocycles. The van der Waals surface area contributed by atoms with Crippen LogP contribution in [0.5, 0.6) is 0 Å². The monoisotopic (exact) mass is 316 g/mol. The second-order valence-electron chi connectivity index (χ2n) is 5.37. The number of benzene rings is 1. The normalized spacial score (nSPS) is 11.3. The molecule has 0 saturated carbocycles. The lowest BCUT2D eigenvalue weighted by Crippen LogP contribution is -2.16. The van der Waals surface area contributed by atoms with Gasteiger partial charge < -0.3 is 10.3 Å². The van der Waals surface area contributed by atoms with Crippen LogP contribution in [0.3, 0.4) is 0 Å². The topological polar surface area (TPSA) is 82.9 Å². The first-order chi connectivity index (χ1) is 10.3. The van der Waals surface area contributed by atoms with Gasteiger partial charge >= 0.3 is 4.87 Å². The first kappa shape index (κ1) is 14.5. The number of hydrogen-bond acceptors (Lipinski definition) is 4. The average Bonchev–Trinajstić information content (AvgIpc) is 2.86. The summed E-state index contributed by atoms with van der Waals surface area (Å²) in [5, 5.41) is 4.44. The molecule has 0 atom stereocenters. The third-order valence-corrected chi connectivity index (χ3v) is 4.91. The Labute approximate surface area is 130 Å². The summed E-state index contributed by atoms with van der Waals surface area (Å²) in [5.41, 5.74) is 10.1. The maximum absolute atomic E-state index is 11.8. The molecule has 0 bridgehead atoms. The van der Waals surface area contributed by atoms with E-state index in [1.165, 1.54) is 16.0 Å². The van der Waals surface area contributed by atoms with E-state index in [-0.39, 0.29) is 4.87 Å². The summed E-state index contributed by atoms with van der Waals surface area (Å²) in [4.78, 5) is 23.4. The Kier molecular flexibility index (Phi) is 3.17. The van der Waals surface area contributed by atoms with Crippen LogP contribution in [0.4, 0.5) is 0 Å². The van der Waals surface area contributed by atoms with Gasteiger partial charge in [-0.1, -0.05) is 11.3 Å². The Morgan fingerprint density at radius 2 is 1.95 bits per heavy atom. The molecule has 0 aliphatic heterocycles. The highest BCUT2D eigenvalue weighted by Gasteiger charge is 2.20. The lowest BCUT2D eigenvalue weighted by atomic mass is 10.0. The molecule has 0 aliphatic rings. The standard InChI is InChI=1S/C15H16N4O2S/c1-7-5-11-10(18(3)15(21)22-11)6-9(7)12-8(2)13(14(16)20)19(4)17-12/h5-6H,1-4H3,(H2,16,20). The van der Waals surface area contributed by atoms with Crippen molar-refractivity contribution in [1.82, 2.24) is 14.3 Å². The van der Waals surface area contributed by atoms with Crippen molar-refractivity contribution in [2.75, 3.05) is 0 Å². The maximum Gasteiger partial charge on any atom is 0.307 e. The number of nitrogens with two attached hydrogens (primary N) is 1. The quantitative estimate of drug-likeness (QED) is 0.781. The molecule has 1 aromatic carbocycles. The molecule has 0 radical (unpaired) electrons. The molecule has 2 N–H and O–H groups in total. The highest BCUT2D eigenvalue weighted by molar-refractivity contribution is 7.16. The number of hydrogen-bond donors (Lipinski definition) is 1. The Bertz CT molecular complexity index is 978. The van der Waals surface area contributed by atoms with Gasteiger partial charge in [0, 0.05) is 25.2 Å². The van der Waals surface area contributed by atoms with Gasteiger partial charge in [0.05, 0.1) is 15.9 Å². The number of carbonyl (C=O) groups excluding carboxylic acids is 1. The summed E-state index contributed by atoms with van der Waals surface area (Å²) in [6.07, 6.45) is 0. The molecule has 114 valence electrons. The van der Waals surface area contributed by atoms with Gasteiger partial charge in [-0.3, -0.25) is 14.3 Å². The SMILES string of the molecule is Cc1cc2sc(=O)n(C)c2cc1-c1nn(C)c(C(N)=O)c1C. The Morgan fingerprint density at radius 1 is 1.27 bits per heavy atom. The predicted molar refractivity (Wildman–Crippen MR) is 87.3 cm³/mol. The zero-order chi connectivity index (χ0) is 16.2. The number of nitrogens with zero attached hydrogens (tertiary/aromatic N) is 3. The number of fused-ring (bicyclic) bond motifs is 1. The molecular formula is C15H16N4O2S. The summed E-state index contributed by atoms with van der Waals surface area (Å²) in [7, 11) is 3.45. The highest BCUT2D eigenvalue weighted by Crippen LogP contribution is 2.31. The van der Waals surface area contributed by atoms with Crippen LogP contribution in [0.25, 0.3) is 21.5 Å².